The Hall–Kier alpha value is -1.56. The number of carbonyl (C=O) groups is 1. The lowest BCUT2D eigenvalue weighted by Gasteiger charge is -2.33. The molecule has 0 aliphatic carbocycles. The topological polar surface area (TPSA) is 67.4 Å². The van der Waals surface area contributed by atoms with E-state index >= 15 is 0 Å². The highest BCUT2D eigenvalue weighted by molar-refractivity contribution is 5.76. The zero-order chi connectivity index (χ0) is 13.8. The second kappa shape index (κ2) is 6.06. The minimum absolute atomic E-state index is 0.131. The molecule has 2 N–H and O–H groups in total. The van der Waals surface area contributed by atoms with Crippen molar-refractivity contribution in [1.29, 1.82) is 0 Å². The van der Waals surface area contributed by atoms with Gasteiger partial charge in [-0.1, -0.05) is 0 Å². The van der Waals surface area contributed by atoms with Crippen LogP contribution in [0.25, 0.3) is 0 Å². The molecule has 1 aromatic heterocycles. The number of anilines is 1. The molecular weight excluding hydrogens is 242 g/mol. The van der Waals surface area contributed by atoms with Crippen LogP contribution in [0.5, 0.6) is 0 Å². The minimum atomic E-state index is 0.131. The first kappa shape index (κ1) is 13.9. The van der Waals surface area contributed by atoms with Gasteiger partial charge in [0.15, 0.2) is 0 Å². The number of nitrogens with zero attached hydrogens (tertiary/aromatic N) is 4. The fourth-order valence-corrected chi connectivity index (χ4v) is 2.59. The molecule has 6 heteroatoms. The van der Waals surface area contributed by atoms with Crippen molar-refractivity contribution in [3.63, 3.8) is 0 Å². The molecule has 0 radical (unpaired) electrons. The maximum absolute atomic E-state index is 12.1. The lowest BCUT2D eigenvalue weighted by molar-refractivity contribution is -0.133. The molecule has 0 aromatic carbocycles. The van der Waals surface area contributed by atoms with Crippen LogP contribution in [0.1, 0.15) is 12.8 Å². The van der Waals surface area contributed by atoms with Gasteiger partial charge in [-0.15, -0.1) is 0 Å². The number of nitrogen functional groups attached to an aromatic ring is 1. The van der Waals surface area contributed by atoms with Gasteiger partial charge in [-0.05, 0) is 38.9 Å². The second-order valence-electron chi connectivity index (χ2n) is 5.52. The molecule has 1 amide bonds. The van der Waals surface area contributed by atoms with Gasteiger partial charge in [-0.25, -0.2) is 0 Å². The van der Waals surface area contributed by atoms with E-state index in [0.29, 0.717) is 11.7 Å². The monoisotopic (exact) mass is 265 g/mol. The highest BCUT2D eigenvalue weighted by Gasteiger charge is 2.23. The maximum atomic E-state index is 12.1. The highest BCUT2D eigenvalue weighted by atomic mass is 16.2. The number of likely N-dealkylation sites (tertiary alicyclic amines) is 1. The Balaban J connectivity index is 1.79. The largest absolute Gasteiger partial charge is 0.382 e. The molecule has 0 saturated carbocycles. The van der Waals surface area contributed by atoms with Crippen molar-refractivity contribution < 1.29 is 4.79 Å². The van der Waals surface area contributed by atoms with Gasteiger partial charge < -0.3 is 15.5 Å². The smallest absolute Gasteiger partial charge is 0.244 e. The van der Waals surface area contributed by atoms with Crippen LogP contribution in [0.4, 0.5) is 5.82 Å². The first-order chi connectivity index (χ1) is 9.04. The molecule has 1 aromatic rings. The molecule has 1 aliphatic heterocycles. The van der Waals surface area contributed by atoms with E-state index in [0.717, 1.165) is 32.5 Å². The van der Waals surface area contributed by atoms with Gasteiger partial charge in [0.05, 0.1) is 0 Å². The van der Waals surface area contributed by atoms with Crippen molar-refractivity contribution in [3.05, 3.63) is 12.3 Å². The molecule has 2 rings (SSSR count). The summed E-state index contributed by atoms with van der Waals surface area (Å²) in [4.78, 5) is 16.3. The summed E-state index contributed by atoms with van der Waals surface area (Å²) in [6.45, 7) is 3.11. The molecule has 6 nitrogen and oxygen atoms in total. The summed E-state index contributed by atoms with van der Waals surface area (Å²) in [6, 6.07) is 1.70. The molecule has 2 heterocycles. The summed E-state index contributed by atoms with van der Waals surface area (Å²) >= 11 is 0. The summed E-state index contributed by atoms with van der Waals surface area (Å²) in [6.07, 6.45) is 3.92. The Morgan fingerprint density at radius 3 is 2.68 bits per heavy atom. The molecular formula is C13H23N5O. The number of aromatic nitrogens is 2. The average molecular weight is 265 g/mol. The van der Waals surface area contributed by atoms with E-state index < -0.39 is 0 Å². The van der Waals surface area contributed by atoms with Crippen LogP contribution in [0.15, 0.2) is 12.3 Å². The molecule has 1 fully saturated rings. The summed E-state index contributed by atoms with van der Waals surface area (Å²) in [5.74, 6) is 1.29. The first-order valence-corrected chi connectivity index (χ1v) is 6.76. The zero-order valence-corrected chi connectivity index (χ0v) is 11.7. The Bertz CT molecular complexity index is 420. The van der Waals surface area contributed by atoms with E-state index in [1.165, 1.54) is 0 Å². The standard InChI is InChI=1S/C13H23N5O/c1-16(2)9-11-3-6-17(7-4-11)13(19)10-18-8-5-12(14)15-18/h5,8,11H,3-4,6-7,9-10H2,1-2H3,(H2,14,15). The van der Waals surface area contributed by atoms with Crippen LogP contribution in [0, 0.1) is 5.92 Å². The normalized spacial score (nSPS) is 17.1. The summed E-state index contributed by atoms with van der Waals surface area (Å²) in [5.41, 5.74) is 5.54. The first-order valence-electron chi connectivity index (χ1n) is 6.76. The number of piperidine rings is 1. The number of nitrogens with two attached hydrogens (primary N) is 1. The minimum Gasteiger partial charge on any atom is -0.382 e. The van der Waals surface area contributed by atoms with Gasteiger partial charge in [-0.2, -0.15) is 5.10 Å². The van der Waals surface area contributed by atoms with Gasteiger partial charge >= 0.3 is 0 Å². The number of carbonyl (C=O) groups excluding carboxylic acids is 1. The van der Waals surface area contributed by atoms with Crippen molar-refractivity contribution >= 4 is 11.7 Å². The van der Waals surface area contributed by atoms with Crippen LogP contribution in [0.2, 0.25) is 0 Å². The lowest BCUT2D eigenvalue weighted by atomic mass is 9.96. The molecule has 1 saturated heterocycles. The average Bonchev–Trinajstić information content (AvgIpc) is 2.75. The van der Waals surface area contributed by atoms with Gasteiger partial charge in [0.1, 0.15) is 12.4 Å². The second-order valence-corrected chi connectivity index (χ2v) is 5.52. The third kappa shape index (κ3) is 3.96. The van der Waals surface area contributed by atoms with Gasteiger partial charge in [0, 0.05) is 25.8 Å². The highest BCUT2D eigenvalue weighted by Crippen LogP contribution is 2.18. The van der Waals surface area contributed by atoms with E-state index in [2.05, 4.69) is 24.1 Å². The number of hydrogen-bond acceptors (Lipinski definition) is 4. The fraction of sp³-hybridized carbons (Fsp3) is 0.692. The van der Waals surface area contributed by atoms with E-state index in [1.807, 2.05) is 4.90 Å². The Morgan fingerprint density at radius 1 is 1.47 bits per heavy atom. The number of amides is 1. The zero-order valence-electron chi connectivity index (χ0n) is 11.7. The number of hydrogen-bond donors (Lipinski definition) is 1. The van der Waals surface area contributed by atoms with Crippen LogP contribution in [0.3, 0.4) is 0 Å². The van der Waals surface area contributed by atoms with Crippen molar-refractivity contribution in [3.8, 4) is 0 Å². The summed E-state index contributed by atoms with van der Waals surface area (Å²) in [7, 11) is 4.19. The molecule has 1 aliphatic rings. The van der Waals surface area contributed by atoms with Crippen LogP contribution < -0.4 is 5.73 Å². The Labute approximate surface area is 114 Å². The third-order valence-electron chi connectivity index (χ3n) is 3.55. The van der Waals surface area contributed by atoms with E-state index in [1.54, 1.807) is 16.9 Å². The van der Waals surface area contributed by atoms with Crippen LogP contribution >= 0.6 is 0 Å². The molecule has 0 atom stereocenters. The maximum Gasteiger partial charge on any atom is 0.244 e. The number of rotatable bonds is 4. The predicted octanol–water partition coefficient (Wildman–Crippen LogP) is 0.266. The summed E-state index contributed by atoms with van der Waals surface area (Å²) < 4.78 is 1.60. The molecule has 0 spiro atoms. The summed E-state index contributed by atoms with van der Waals surface area (Å²) in [5, 5.41) is 4.04. The Morgan fingerprint density at radius 2 is 2.16 bits per heavy atom. The molecule has 106 valence electrons. The lowest BCUT2D eigenvalue weighted by Crippen LogP contribution is -2.42. The van der Waals surface area contributed by atoms with Crippen LogP contribution in [-0.4, -0.2) is 59.2 Å². The van der Waals surface area contributed by atoms with Crippen molar-refractivity contribution in [2.45, 2.75) is 19.4 Å². The predicted molar refractivity (Wildman–Crippen MR) is 74.5 cm³/mol. The molecule has 19 heavy (non-hydrogen) atoms. The van der Waals surface area contributed by atoms with Crippen molar-refractivity contribution in [2.24, 2.45) is 5.92 Å². The third-order valence-corrected chi connectivity index (χ3v) is 3.55. The van der Waals surface area contributed by atoms with Gasteiger partial charge in [-0.3, -0.25) is 9.48 Å². The Kier molecular flexibility index (Phi) is 4.42. The SMILES string of the molecule is CN(C)CC1CCN(C(=O)Cn2ccc(N)n2)CC1. The fourth-order valence-electron chi connectivity index (χ4n) is 2.59. The molecule has 0 unspecified atom stereocenters. The molecule has 0 bridgehead atoms. The van der Waals surface area contributed by atoms with Crippen LogP contribution in [-0.2, 0) is 11.3 Å². The quantitative estimate of drug-likeness (QED) is 0.848. The van der Waals surface area contributed by atoms with Gasteiger partial charge in [0.2, 0.25) is 5.91 Å². The van der Waals surface area contributed by atoms with E-state index in [9.17, 15) is 4.79 Å². The van der Waals surface area contributed by atoms with Crippen molar-refractivity contribution in [1.82, 2.24) is 19.6 Å². The van der Waals surface area contributed by atoms with Gasteiger partial charge in [0.25, 0.3) is 0 Å². The van der Waals surface area contributed by atoms with E-state index in [4.69, 9.17) is 5.73 Å². The van der Waals surface area contributed by atoms with Crippen molar-refractivity contribution in [2.75, 3.05) is 39.5 Å². The van der Waals surface area contributed by atoms with E-state index in [-0.39, 0.29) is 12.5 Å².